The Kier molecular flexibility index (Phi) is 4.78. The molecule has 0 spiro atoms. The lowest BCUT2D eigenvalue weighted by Crippen LogP contribution is -2.26. The van der Waals surface area contributed by atoms with Crippen molar-refractivity contribution in [1.82, 2.24) is 4.72 Å². The predicted molar refractivity (Wildman–Crippen MR) is 97.7 cm³/mol. The van der Waals surface area contributed by atoms with Crippen molar-refractivity contribution in [2.45, 2.75) is 37.1 Å². The van der Waals surface area contributed by atoms with Crippen LogP contribution < -0.4 is 15.8 Å². The number of nitrogen functional groups attached to an aromatic ring is 1. The molecule has 0 saturated heterocycles. The van der Waals surface area contributed by atoms with Crippen LogP contribution >= 0.6 is 0 Å². The fourth-order valence-corrected chi connectivity index (χ4v) is 4.05. The zero-order chi connectivity index (χ0) is 18.0. The van der Waals surface area contributed by atoms with Gasteiger partial charge in [0.1, 0.15) is 0 Å². The quantitative estimate of drug-likeness (QED) is 0.688. The van der Waals surface area contributed by atoms with Crippen LogP contribution in [0.15, 0.2) is 47.4 Å². The maximum absolute atomic E-state index is 12.4. The number of carbonyl (C=O) groups is 1. The molecule has 0 aromatic heterocycles. The molecular formula is C18H21N3O3S. The van der Waals surface area contributed by atoms with Crippen molar-refractivity contribution in [3.8, 4) is 0 Å². The standard InChI is InChI=1S/C18H21N3O3S/c1-12-2-7-16(11-17(12)25(23,24)21-15-8-9-15)20-18(22)10-13-3-5-14(19)6-4-13/h2-7,11,15,21H,8-10,19H2,1H3,(H,20,22). The number of hydrogen-bond acceptors (Lipinski definition) is 4. The molecule has 0 atom stereocenters. The molecule has 3 rings (SSSR count). The molecule has 2 aromatic carbocycles. The highest BCUT2D eigenvalue weighted by molar-refractivity contribution is 7.89. The van der Waals surface area contributed by atoms with E-state index in [2.05, 4.69) is 10.0 Å². The Bertz CT molecular complexity index is 888. The average molecular weight is 359 g/mol. The van der Waals surface area contributed by atoms with Gasteiger partial charge in [0.25, 0.3) is 0 Å². The topological polar surface area (TPSA) is 101 Å². The largest absolute Gasteiger partial charge is 0.399 e. The van der Waals surface area contributed by atoms with Crippen LogP contribution in [-0.2, 0) is 21.2 Å². The minimum atomic E-state index is -3.56. The van der Waals surface area contributed by atoms with E-state index in [-0.39, 0.29) is 23.3 Å². The molecule has 1 amide bonds. The van der Waals surface area contributed by atoms with E-state index >= 15 is 0 Å². The summed E-state index contributed by atoms with van der Waals surface area (Å²) in [5.41, 5.74) is 8.21. The van der Waals surface area contributed by atoms with Gasteiger partial charge in [0.05, 0.1) is 11.3 Å². The van der Waals surface area contributed by atoms with Crippen LogP contribution in [0.5, 0.6) is 0 Å². The molecule has 7 heteroatoms. The van der Waals surface area contributed by atoms with Crippen LogP contribution in [0.3, 0.4) is 0 Å². The third kappa shape index (κ3) is 4.58. The first-order chi connectivity index (χ1) is 11.8. The van der Waals surface area contributed by atoms with E-state index in [1.807, 2.05) is 0 Å². The molecule has 6 nitrogen and oxygen atoms in total. The highest BCUT2D eigenvalue weighted by Crippen LogP contribution is 2.25. The summed E-state index contributed by atoms with van der Waals surface area (Å²) >= 11 is 0. The molecule has 25 heavy (non-hydrogen) atoms. The predicted octanol–water partition coefficient (Wildman–Crippen LogP) is 2.20. The van der Waals surface area contributed by atoms with E-state index in [9.17, 15) is 13.2 Å². The minimum absolute atomic E-state index is 0.0353. The number of rotatable bonds is 6. The van der Waals surface area contributed by atoms with Crippen LogP contribution in [0.25, 0.3) is 0 Å². The average Bonchev–Trinajstić information content (AvgIpc) is 3.34. The highest BCUT2D eigenvalue weighted by Gasteiger charge is 2.29. The number of hydrogen-bond donors (Lipinski definition) is 3. The van der Waals surface area contributed by atoms with E-state index in [1.54, 1.807) is 43.3 Å². The fraction of sp³-hybridized carbons (Fsp3) is 0.278. The Hall–Kier alpha value is -2.38. The molecule has 0 radical (unpaired) electrons. The number of nitrogens with one attached hydrogen (secondary N) is 2. The third-order valence-corrected chi connectivity index (χ3v) is 5.67. The number of aryl methyl sites for hydroxylation is 1. The van der Waals surface area contributed by atoms with Gasteiger partial charge >= 0.3 is 0 Å². The monoisotopic (exact) mass is 359 g/mol. The number of sulfonamides is 1. The zero-order valence-corrected chi connectivity index (χ0v) is 14.8. The molecule has 2 aromatic rings. The minimum Gasteiger partial charge on any atom is -0.399 e. The molecule has 1 aliphatic rings. The Morgan fingerprint density at radius 3 is 2.48 bits per heavy atom. The van der Waals surface area contributed by atoms with Gasteiger partial charge in [-0.25, -0.2) is 13.1 Å². The van der Waals surface area contributed by atoms with Crippen molar-refractivity contribution >= 4 is 27.3 Å². The van der Waals surface area contributed by atoms with Crippen LogP contribution in [0.2, 0.25) is 0 Å². The summed E-state index contributed by atoms with van der Waals surface area (Å²) in [5.74, 6) is -0.216. The molecule has 1 saturated carbocycles. The second kappa shape index (κ2) is 6.85. The van der Waals surface area contributed by atoms with Gasteiger partial charge in [-0.05, 0) is 55.2 Å². The summed E-state index contributed by atoms with van der Waals surface area (Å²) < 4.78 is 27.5. The van der Waals surface area contributed by atoms with Crippen molar-refractivity contribution in [2.24, 2.45) is 0 Å². The van der Waals surface area contributed by atoms with Crippen molar-refractivity contribution in [3.63, 3.8) is 0 Å². The molecule has 4 N–H and O–H groups in total. The van der Waals surface area contributed by atoms with Crippen LogP contribution in [0, 0.1) is 6.92 Å². The van der Waals surface area contributed by atoms with E-state index < -0.39 is 10.0 Å². The Balaban J connectivity index is 1.73. The van der Waals surface area contributed by atoms with E-state index in [0.717, 1.165) is 18.4 Å². The van der Waals surface area contributed by atoms with Crippen LogP contribution in [0.1, 0.15) is 24.0 Å². The Morgan fingerprint density at radius 2 is 1.84 bits per heavy atom. The lowest BCUT2D eigenvalue weighted by Gasteiger charge is -2.12. The lowest BCUT2D eigenvalue weighted by molar-refractivity contribution is -0.115. The Morgan fingerprint density at radius 1 is 1.16 bits per heavy atom. The summed E-state index contributed by atoms with van der Waals surface area (Å²) in [7, 11) is -3.56. The van der Waals surface area contributed by atoms with Gasteiger partial charge < -0.3 is 11.1 Å². The summed E-state index contributed by atoms with van der Waals surface area (Å²) in [6.45, 7) is 1.74. The van der Waals surface area contributed by atoms with Crippen LogP contribution in [-0.4, -0.2) is 20.4 Å². The van der Waals surface area contributed by atoms with Crippen molar-refractivity contribution in [1.29, 1.82) is 0 Å². The Labute approximate surface area is 147 Å². The molecule has 1 aliphatic carbocycles. The normalized spacial score (nSPS) is 14.3. The van der Waals surface area contributed by atoms with Gasteiger partial charge in [-0.2, -0.15) is 0 Å². The summed E-state index contributed by atoms with van der Waals surface area (Å²) in [6, 6.07) is 12.0. The first-order valence-corrected chi connectivity index (χ1v) is 9.59. The SMILES string of the molecule is Cc1ccc(NC(=O)Cc2ccc(N)cc2)cc1S(=O)(=O)NC1CC1. The molecular weight excluding hydrogens is 338 g/mol. The molecule has 0 bridgehead atoms. The molecule has 1 fully saturated rings. The molecule has 0 heterocycles. The molecule has 132 valence electrons. The third-order valence-electron chi connectivity index (χ3n) is 4.00. The van der Waals surface area contributed by atoms with Gasteiger partial charge in [0.2, 0.25) is 15.9 Å². The summed E-state index contributed by atoms with van der Waals surface area (Å²) in [6.07, 6.45) is 1.93. The van der Waals surface area contributed by atoms with E-state index in [0.29, 0.717) is 16.9 Å². The maximum atomic E-state index is 12.4. The molecule has 0 unspecified atom stereocenters. The second-order valence-electron chi connectivity index (χ2n) is 6.34. The van der Waals surface area contributed by atoms with E-state index in [4.69, 9.17) is 5.73 Å². The van der Waals surface area contributed by atoms with Gasteiger partial charge in [-0.15, -0.1) is 0 Å². The van der Waals surface area contributed by atoms with Crippen molar-refractivity contribution in [2.75, 3.05) is 11.1 Å². The van der Waals surface area contributed by atoms with Gasteiger partial charge in [0.15, 0.2) is 0 Å². The smallest absolute Gasteiger partial charge is 0.241 e. The van der Waals surface area contributed by atoms with E-state index in [1.165, 1.54) is 6.07 Å². The zero-order valence-electron chi connectivity index (χ0n) is 14.0. The first-order valence-electron chi connectivity index (χ1n) is 8.11. The fourth-order valence-electron chi connectivity index (χ4n) is 2.48. The van der Waals surface area contributed by atoms with Gasteiger partial charge in [-0.1, -0.05) is 18.2 Å². The summed E-state index contributed by atoms with van der Waals surface area (Å²) in [4.78, 5) is 12.4. The molecule has 0 aliphatic heterocycles. The van der Waals surface area contributed by atoms with Crippen LogP contribution in [0.4, 0.5) is 11.4 Å². The lowest BCUT2D eigenvalue weighted by atomic mass is 10.1. The second-order valence-corrected chi connectivity index (χ2v) is 8.02. The number of amides is 1. The number of benzene rings is 2. The van der Waals surface area contributed by atoms with Gasteiger partial charge in [0, 0.05) is 17.4 Å². The first kappa shape index (κ1) is 17.4. The van der Waals surface area contributed by atoms with Crippen molar-refractivity contribution in [3.05, 3.63) is 53.6 Å². The summed E-state index contributed by atoms with van der Waals surface area (Å²) in [5, 5.41) is 2.75. The number of nitrogens with two attached hydrogens (primary N) is 1. The maximum Gasteiger partial charge on any atom is 0.241 e. The number of carbonyl (C=O) groups excluding carboxylic acids is 1. The highest BCUT2D eigenvalue weighted by atomic mass is 32.2. The van der Waals surface area contributed by atoms with Gasteiger partial charge in [-0.3, -0.25) is 4.79 Å². The van der Waals surface area contributed by atoms with Crippen molar-refractivity contribution < 1.29 is 13.2 Å². The number of anilines is 2.